The van der Waals surface area contributed by atoms with Crippen LogP contribution in [0.2, 0.25) is 0 Å². The molecule has 6 heteroatoms. The van der Waals surface area contributed by atoms with Gasteiger partial charge in [0.1, 0.15) is 12.3 Å². The van der Waals surface area contributed by atoms with Gasteiger partial charge in [-0.3, -0.25) is 0 Å². The van der Waals surface area contributed by atoms with Crippen LogP contribution in [0.15, 0.2) is 78.2 Å². The predicted molar refractivity (Wildman–Crippen MR) is 107 cm³/mol. The number of carbonyl (C=O) groups excluding carboxylic acids is 1. The summed E-state index contributed by atoms with van der Waals surface area (Å²) >= 11 is 1.56. The highest BCUT2D eigenvalue weighted by Crippen LogP contribution is 2.26. The summed E-state index contributed by atoms with van der Waals surface area (Å²) < 4.78 is 7.09. The molecule has 2 aromatic heterocycles. The molecule has 0 aliphatic rings. The molecular weight excluding hydrogens is 370 g/mol. The van der Waals surface area contributed by atoms with Crippen molar-refractivity contribution in [2.24, 2.45) is 0 Å². The van der Waals surface area contributed by atoms with Gasteiger partial charge in [0.05, 0.1) is 22.2 Å². The third-order valence-electron chi connectivity index (χ3n) is 4.19. The van der Waals surface area contributed by atoms with Gasteiger partial charge in [-0.25, -0.2) is 9.48 Å². The van der Waals surface area contributed by atoms with Gasteiger partial charge < -0.3 is 4.74 Å². The summed E-state index contributed by atoms with van der Waals surface area (Å²) in [7, 11) is 0. The number of thiophene rings is 1. The van der Waals surface area contributed by atoms with Crippen LogP contribution in [0.3, 0.4) is 0 Å². The number of esters is 1. The molecule has 2 aromatic carbocycles. The van der Waals surface area contributed by atoms with Crippen LogP contribution in [-0.4, -0.2) is 15.7 Å². The van der Waals surface area contributed by atoms with Crippen LogP contribution >= 0.6 is 11.3 Å². The maximum atomic E-state index is 12.8. The highest BCUT2D eigenvalue weighted by atomic mass is 32.1. The van der Waals surface area contributed by atoms with E-state index in [1.807, 2.05) is 53.9 Å². The summed E-state index contributed by atoms with van der Waals surface area (Å²) in [4.78, 5) is 13.8. The van der Waals surface area contributed by atoms with Crippen molar-refractivity contribution < 1.29 is 9.53 Å². The Hall–Kier alpha value is -3.69. The minimum absolute atomic E-state index is 0.0247. The first-order valence-corrected chi connectivity index (χ1v) is 9.49. The molecule has 0 fully saturated rings. The lowest BCUT2D eigenvalue weighted by Gasteiger charge is -2.08. The number of nitrogens with zero attached hydrogens (tertiary/aromatic N) is 3. The third kappa shape index (κ3) is 3.56. The molecule has 0 saturated carbocycles. The summed E-state index contributed by atoms with van der Waals surface area (Å²) in [5.41, 5.74) is 2.98. The molecule has 136 valence electrons. The van der Waals surface area contributed by atoms with Crippen LogP contribution in [0.1, 0.15) is 21.6 Å². The molecule has 28 heavy (non-hydrogen) atoms. The predicted octanol–water partition coefficient (Wildman–Crippen LogP) is 4.83. The van der Waals surface area contributed by atoms with Gasteiger partial charge in [-0.2, -0.15) is 10.4 Å². The van der Waals surface area contributed by atoms with Gasteiger partial charge in [-0.05, 0) is 29.6 Å². The van der Waals surface area contributed by atoms with Crippen LogP contribution in [-0.2, 0) is 11.3 Å². The number of hydrogen-bond donors (Lipinski definition) is 0. The fourth-order valence-corrected chi connectivity index (χ4v) is 3.49. The van der Waals surface area contributed by atoms with Gasteiger partial charge in [-0.1, -0.05) is 42.5 Å². The minimum Gasteiger partial charge on any atom is -0.456 e. The van der Waals surface area contributed by atoms with Gasteiger partial charge in [0.15, 0.2) is 5.69 Å². The molecule has 0 aliphatic heterocycles. The van der Waals surface area contributed by atoms with Crippen molar-refractivity contribution in [1.29, 1.82) is 5.26 Å². The zero-order chi connectivity index (χ0) is 19.3. The Kier molecular flexibility index (Phi) is 5.00. The molecule has 4 rings (SSSR count). The van der Waals surface area contributed by atoms with Crippen LogP contribution in [0, 0.1) is 11.3 Å². The first kappa shape index (κ1) is 17.7. The number of nitriles is 1. The zero-order valence-electron chi connectivity index (χ0n) is 14.8. The molecule has 0 atom stereocenters. The van der Waals surface area contributed by atoms with E-state index in [0.717, 1.165) is 10.6 Å². The van der Waals surface area contributed by atoms with E-state index in [1.165, 1.54) is 0 Å². The van der Waals surface area contributed by atoms with E-state index in [4.69, 9.17) is 4.74 Å². The van der Waals surface area contributed by atoms with E-state index in [-0.39, 0.29) is 6.61 Å². The molecule has 0 bridgehead atoms. The van der Waals surface area contributed by atoms with Crippen molar-refractivity contribution in [2.45, 2.75) is 6.61 Å². The van der Waals surface area contributed by atoms with Crippen molar-refractivity contribution in [3.63, 3.8) is 0 Å². The molecule has 4 aromatic rings. The van der Waals surface area contributed by atoms with E-state index in [9.17, 15) is 10.1 Å². The topological polar surface area (TPSA) is 67.9 Å². The lowest BCUT2D eigenvalue weighted by atomic mass is 10.1. The Bertz CT molecular complexity index is 1140. The normalized spacial score (nSPS) is 10.4. The minimum atomic E-state index is -0.494. The Balaban J connectivity index is 1.66. The molecule has 0 unspecified atom stereocenters. The SMILES string of the molecule is N#Cc1ccccc1COC(=O)c1cc(-c2cccs2)nn1-c1ccccc1. The van der Waals surface area contributed by atoms with Gasteiger partial charge in [0.2, 0.25) is 0 Å². The fraction of sp³-hybridized carbons (Fsp3) is 0.0455. The summed E-state index contributed by atoms with van der Waals surface area (Å²) in [6.07, 6.45) is 0. The monoisotopic (exact) mass is 385 g/mol. The third-order valence-corrected chi connectivity index (χ3v) is 5.08. The maximum absolute atomic E-state index is 12.8. The van der Waals surface area contributed by atoms with E-state index in [0.29, 0.717) is 22.5 Å². The van der Waals surface area contributed by atoms with Gasteiger partial charge in [0.25, 0.3) is 0 Å². The molecule has 2 heterocycles. The highest BCUT2D eigenvalue weighted by Gasteiger charge is 2.19. The number of para-hydroxylation sites is 1. The Morgan fingerprint density at radius 3 is 2.61 bits per heavy atom. The number of rotatable bonds is 5. The van der Waals surface area contributed by atoms with Gasteiger partial charge >= 0.3 is 5.97 Å². The van der Waals surface area contributed by atoms with Crippen molar-refractivity contribution in [3.8, 4) is 22.3 Å². The Morgan fingerprint density at radius 2 is 1.86 bits per heavy atom. The maximum Gasteiger partial charge on any atom is 0.357 e. The van der Waals surface area contributed by atoms with Gasteiger partial charge in [0, 0.05) is 11.6 Å². The molecular formula is C22H15N3O2S. The second-order valence-corrected chi connectivity index (χ2v) is 6.93. The van der Waals surface area contributed by atoms with Crippen LogP contribution in [0.25, 0.3) is 16.3 Å². The number of carbonyl (C=O) groups is 1. The molecule has 0 amide bonds. The number of ether oxygens (including phenoxy) is 1. The van der Waals surface area contributed by atoms with Crippen molar-refractivity contribution >= 4 is 17.3 Å². The van der Waals surface area contributed by atoms with Gasteiger partial charge in [-0.15, -0.1) is 11.3 Å². The number of aromatic nitrogens is 2. The Morgan fingerprint density at radius 1 is 1.07 bits per heavy atom. The van der Waals surface area contributed by atoms with Crippen LogP contribution in [0.5, 0.6) is 0 Å². The van der Waals surface area contributed by atoms with Crippen LogP contribution < -0.4 is 0 Å². The largest absolute Gasteiger partial charge is 0.456 e. The zero-order valence-corrected chi connectivity index (χ0v) is 15.6. The van der Waals surface area contributed by atoms with Crippen molar-refractivity contribution in [1.82, 2.24) is 9.78 Å². The molecule has 0 saturated heterocycles. The standard InChI is InChI=1S/C22H15N3O2S/c23-14-16-7-4-5-8-17(16)15-27-22(26)20-13-19(21-11-6-12-28-21)24-25(20)18-9-2-1-3-10-18/h1-13H,15H2. The van der Waals surface area contributed by atoms with E-state index in [1.54, 1.807) is 40.3 Å². The van der Waals surface area contributed by atoms with Crippen molar-refractivity contribution in [2.75, 3.05) is 0 Å². The average Bonchev–Trinajstić information content (AvgIpc) is 3.42. The number of hydrogen-bond acceptors (Lipinski definition) is 5. The summed E-state index contributed by atoms with van der Waals surface area (Å²) in [5.74, 6) is -0.494. The second-order valence-electron chi connectivity index (χ2n) is 5.98. The second kappa shape index (κ2) is 7.91. The summed E-state index contributed by atoms with van der Waals surface area (Å²) in [5, 5.41) is 15.8. The quantitative estimate of drug-likeness (QED) is 0.462. The average molecular weight is 385 g/mol. The summed E-state index contributed by atoms with van der Waals surface area (Å²) in [6, 6.07) is 24.3. The lowest BCUT2D eigenvalue weighted by Crippen LogP contribution is -2.12. The smallest absolute Gasteiger partial charge is 0.357 e. The number of benzene rings is 2. The van der Waals surface area contributed by atoms with E-state index in [2.05, 4.69) is 11.2 Å². The lowest BCUT2D eigenvalue weighted by molar-refractivity contribution is 0.0461. The molecule has 5 nitrogen and oxygen atoms in total. The first-order chi connectivity index (χ1) is 13.8. The molecule has 0 aliphatic carbocycles. The van der Waals surface area contributed by atoms with Crippen LogP contribution in [0.4, 0.5) is 0 Å². The summed E-state index contributed by atoms with van der Waals surface area (Å²) in [6.45, 7) is 0.0247. The van der Waals surface area contributed by atoms with E-state index >= 15 is 0 Å². The van der Waals surface area contributed by atoms with Crippen molar-refractivity contribution in [3.05, 3.63) is 95.0 Å². The first-order valence-electron chi connectivity index (χ1n) is 8.61. The molecule has 0 N–H and O–H groups in total. The fourth-order valence-electron chi connectivity index (χ4n) is 2.81. The van der Waals surface area contributed by atoms with E-state index < -0.39 is 5.97 Å². The molecule has 0 radical (unpaired) electrons. The molecule has 0 spiro atoms. The Labute approximate surface area is 166 Å². The highest BCUT2D eigenvalue weighted by molar-refractivity contribution is 7.13.